The lowest BCUT2D eigenvalue weighted by Gasteiger charge is -2.31. The maximum absolute atomic E-state index is 12.0. The van der Waals surface area contributed by atoms with Crippen LogP contribution in [0.3, 0.4) is 0 Å². The topological polar surface area (TPSA) is 61.0 Å². The lowest BCUT2D eigenvalue weighted by molar-refractivity contribution is 0.190. The van der Waals surface area contributed by atoms with Crippen molar-refractivity contribution in [2.24, 2.45) is 5.92 Å². The van der Waals surface area contributed by atoms with Crippen LogP contribution in [0, 0.1) is 5.92 Å². The lowest BCUT2D eigenvalue weighted by Crippen LogP contribution is -2.36. The Kier molecular flexibility index (Phi) is 4.73. The van der Waals surface area contributed by atoms with E-state index in [1.165, 1.54) is 38.9 Å². The Morgan fingerprint density at radius 2 is 2.09 bits per heavy atom. The van der Waals surface area contributed by atoms with Crippen molar-refractivity contribution in [1.82, 2.24) is 14.9 Å². The van der Waals surface area contributed by atoms with Crippen LogP contribution in [0.25, 0.3) is 10.9 Å². The Hall–Kier alpha value is -1.88. The van der Waals surface area contributed by atoms with Crippen LogP contribution in [-0.2, 0) is 0 Å². The third-order valence-electron chi connectivity index (χ3n) is 4.42. The van der Waals surface area contributed by atoms with Crippen LogP contribution >= 0.6 is 0 Å². The monoisotopic (exact) mass is 300 g/mol. The van der Waals surface area contributed by atoms with Gasteiger partial charge in [-0.2, -0.15) is 0 Å². The zero-order chi connectivity index (χ0) is 15.4. The molecule has 5 nitrogen and oxygen atoms in total. The number of aromatic nitrogens is 2. The molecular formula is C17H24N4O. The number of para-hydroxylation sites is 1. The van der Waals surface area contributed by atoms with Crippen molar-refractivity contribution in [1.29, 1.82) is 0 Å². The second-order valence-electron chi connectivity index (χ2n) is 6.10. The van der Waals surface area contributed by atoms with Gasteiger partial charge in [0.25, 0.3) is 5.56 Å². The largest absolute Gasteiger partial charge is 0.355 e. The third kappa shape index (κ3) is 3.47. The minimum atomic E-state index is -0.0779. The number of nitrogens with one attached hydrogen (secondary N) is 2. The molecule has 1 aromatic carbocycles. The minimum absolute atomic E-state index is 0.0779. The molecule has 22 heavy (non-hydrogen) atoms. The number of nitrogens with zero attached hydrogens (tertiary/aromatic N) is 2. The summed E-state index contributed by atoms with van der Waals surface area (Å²) in [5.41, 5.74) is 0.664. The first-order chi connectivity index (χ1) is 10.8. The van der Waals surface area contributed by atoms with Gasteiger partial charge in [0, 0.05) is 6.54 Å². The number of aromatic amines is 1. The van der Waals surface area contributed by atoms with Crippen LogP contribution < -0.4 is 10.9 Å². The Morgan fingerprint density at radius 3 is 2.86 bits per heavy atom. The van der Waals surface area contributed by atoms with Crippen molar-refractivity contribution in [2.45, 2.75) is 26.2 Å². The van der Waals surface area contributed by atoms with E-state index >= 15 is 0 Å². The van der Waals surface area contributed by atoms with E-state index in [9.17, 15) is 4.79 Å². The van der Waals surface area contributed by atoms with Crippen molar-refractivity contribution < 1.29 is 0 Å². The Bertz CT molecular complexity index is 674. The number of likely N-dealkylation sites (tertiary alicyclic amines) is 1. The summed E-state index contributed by atoms with van der Waals surface area (Å²) in [4.78, 5) is 21.9. The summed E-state index contributed by atoms with van der Waals surface area (Å²) in [5, 5.41) is 3.95. The SMILES string of the molecule is CCCN1CCC(CNc2nc3ccccc3c(=O)[nH]2)CC1. The van der Waals surface area contributed by atoms with Gasteiger partial charge in [-0.05, 0) is 56.9 Å². The zero-order valence-corrected chi connectivity index (χ0v) is 13.1. The van der Waals surface area contributed by atoms with Crippen molar-refractivity contribution in [2.75, 3.05) is 31.5 Å². The Balaban J connectivity index is 1.59. The van der Waals surface area contributed by atoms with Crippen LogP contribution in [0.1, 0.15) is 26.2 Å². The van der Waals surface area contributed by atoms with E-state index in [1.54, 1.807) is 6.07 Å². The molecule has 0 unspecified atom stereocenters. The van der Waals surface area contributed by atoms with E-state index in [4.69, 9.17) is 0 Å². The molecule has 2 heterocycles. The average Bonchev–Trinajstić information content (AvgIpc) is 2.55. The van der Waals surface area contributed by atoms with Gasteiger partial charge in [-0.3, -0.25) is 9.78 Å². The maximum atomic E-state index is 12.0. The lowest BCUT2D eigenvalue weighted by atomic mass is 9.97. The highest BCUT2D eigenvalue weighted by Gasteiger charge is 2.18. The molecular weight excluding hydrogens is 276 g/mol. The van der Waals surface area contributed by atoms with E-state index in [-0.39, 0.29) is 5.56 Å². The van der Waals surface area contributed by atoms with Gasteiger partial charge in [0.2, 0.25) is 5.95 Å². The van der Waals surface area contributed by atoms with Crippen LogP contribution in [0.15, 0.2) is 29.1 Å². The van der Waals surface area contributed by atoms with Crippen LogP contribution in [0.4, 0.5) is 5.95 Å². The zero-order valence-electron chi connectivity index (χ0n) is 13.1. The van der Waals surface area contributed by atoms with E-state index in [0.29, 0.717) is 17.3 Å². The van der Waals surface area contributed by atoms with Gasteiger partial charge < -0.3 is 10.2 Å². The van der Waals surface area contributed by atoms with Gasteiger partial charge in [-0.25, -0.2) is 4.98 Å². The number of rotatable bonds is 5. The Labute approximate surface area is 130 Å². The van der Waals surface area contributed by atoms with Crippen LogP contribution in [-0.4, -0.2) is 41.0 Å². The first kappa shape index (κ1) is 15.0. The van der Waals surface area contributed by atoms with Gasteiger partial charge in [0.1, 0.15) is 0 Å². The molecule has 3 rings (SSSR count). The van der Waals surface area contributed by atoms with E-state index < -0.39 is 0 Å². The normalized spacial score (nSPS) is 17.0. The smallest absolute Gasteiger partial charge is 0.260 e. The molecule has 1 aliphatic rings. The van der Waals surface area contributed by atoms with Gasteiger partial charge in [-0.1, -0.05) is 19.1 Å². The highest BCUT2D eigenvalue weighted by Crippen LogP contribution is 2.17. The molecule has 0 radical (unpaired) electrons. The number of hydrogen-bond donors (Lipinski definition) is 2. The number of benzene rings is 1. The second kappa shape index (κ2) is 6.92. The van der Waals surface area contributed by atoms with Gasteiger partial charge in [0.05, 0.1) is 10.9 Å². The fourth-order valence-electron chi connectivity index (χ4n) is 3.14. The first-order valence-corrected chi connectivity index (χ1v) is 8.21. The molecule has 2 aromatic rings. The minimum Gasteiger partial charge on any atom is -0.355 e. The first-order valence-electron chi connectivity index (χ1n) is 8.21. The maximum Gasteiger partial charge on any atom is 0.260 e. The fraction of sp³-hybridized carbons (Fsp3) is 0.529. The van der Waals surface area contributed by atoms with Crippen LogP contribution in [0.2, 0.25) is 0 Å². The molecule has 1 aromatic heterocycles. The quantitative estimate of drug-likeness (QED) is 0.890. The fourth-order valence-corrected chi connectivity index (χ4v) is 3.14. The summed E-state index contributed by atoms with van der Waals surface area (Å²) in [6.45, 7) is 6.68. The molecule has 0 saturated carbocycles. The van der Waals surface area contributed by atoms with Gasteiger partial charge >= 0.3 is 0 Å². The summed E-state index contributed by atoms with van der Waals surface area (Å²) < 4.78 is 0. The van der Waals surface area contributed by atoms with E-state index in [1.807, 2.05) is 18.2 Å². The van der Waals surface area contributed by atoms with E-state index in [2.05, 4.69) is 27.1 Å². The van der Waals surface area contributed by atoms with Crippen molar-refractivity contribution in [3.8, 4) is 0 Å². The molecule has 1 aliphatic heterocycles. The highest BCUT2D eigenvalue weighted by atomic mass is 16.1. The highest BCUT2D eigenvalue weighted by molar-refractivity contribution is 5.78. The number of piperidine rings is 1. The molecule has 0 atom stereocenters. The summed E-state index contributed by atoms with van der Waals surface area (Å²) in [5.74, 6) is 1.24. The molecule has 0 spiro atoms. The molecule has 0 bridgehead atoms. The number of fused-ring (bicyclic) bond motifs is 1. The Morgan fingerprint density at radius 1 is 1.32 bits per heavy atom. The number of hydrogen-bond acceptors (Lipinski definition) is 4. The van der Waals surface area contributed by atoms with E-state index in [0.717, 1.165) is 12.1 Å². The van der Waals surface area contributed by atoms with Crippen molar-refractivity contribution in [3.05, 3.63) is 34.6 Å². The molecule has 5 heteroatoms. The van der Waals surface area contributed by atoms with Crippen molar-refractivity contribution >= 4 is 16.9 Å². The van der Waals surface area contributed by atoms with Crippen molar-refractivity contribution in [3.63, 3.8) is 0 Å². The molecule has 1 saturated heterocycles. The standard InChI is InChI=1S/C17H24N4O/c1-2-9-21-10-7-13(8-11-21)12-18-17-19-15-6-4-3-5-14(15)16(22)20-17/h3-6,13H,2,7-12H2,1H3,(H2,18,19,20,22). The number of anilines is 1. The summed E-state index contributed by atoms with van der Waals surface area (Å²) in [6.07, 6.45) is 3.65. The molecule has 118 valence electrons. The number of H-pyrrole nitrogens is 1. The van der Waals surface area contributed by atoms with Gasteiger partial charge in [0.15, 0.2) is 0 Å². The molecule has 0 aliphatic carbocycles. The summed E-state index contributed by atoms with van der Waals surface area (Å²) >= 11 is 0. The average molecular weight is 300 g/mol. The predicted molar refractivity (Wildman–Crippen MR) is 90.3 cm³/mol. The van der Waals surface area contributed by atoms with Gasteiger partial charge in [-0.15, -0.1) is 0 Å². The molecule has 0 amide bonds. The van der Waals surface area contributed by atoms with Crippen LogP contribution in [0.5, 0.6) is 0 Å². The third-order valence-corrected chi connectivity index (χ3v) is 4.42. The molecule has 2 N–H and O–H groups in total. The summed E-state index contributed by atoms with van der Waals surface area (Å²) in [7, 11) is 0. The summed E-state index contributed by atoms with van der Waals surface area (Å²) in [6, 6.07) is 7.44. The predicted octanol–water partition coefficient (Wildman–Crippen LogP) is 2.46. The molecule has 1 fully saturated rings. The second-order valence-corrected chi connectivity index (χ2v) is 6.10.